The molecule has 1 N–H and O–H groups in total. The van der Waals surface area contributed by atoms with Crippen LogP contribution in [0.1, 0.15) is 35.8 Å². The van der Waals surface area contributed by atoms with Crippen molar-refractivity contribution >= 4 is 0 Å². The van der Waals surface area contributed by atoms with Gasteiger partial charge < -0.3 is 10.1 Å². The van der Waals surface area contributed by atoms with Crippen LogP contribution in [0.3, 0.4) is 0 Å². The molecule has 1 aromatic carbocycles. The van der Waals surface area contributed by atoms with E-state index in [2.05, 4.69) is 47.8 Å². The van der Waals surface area contributed by atoms with E-state index in [1.807, 2.05) is 17.9 Å². The number of hydrogen-bond donors (Lipinski definition) is 1. The van der Waals surface area contributed by atoms with Gasteiger partial charge in [-0.2, -0.15) is 5.10 Å². The van der Waals surface area contributed by atoms with E-state index in [-0.39, 0.29) is 12.1 Å². The van der Waals surface area contributed by atoms with Gasteiger partial charge in [0.25, 0.3) is 0 Å². The number of rotatable bonds is 4. The van der Waals surface area contributed by atoms with Crippen LogP contribution in [0.25, 0.3) is 0 Å². The van der Waals surface area contributed by atoms with Gasteiger partial charge in [-0.25, -0.2) is 0 Å². The highest BCUT2D eigenvalue weighted by atomic mass is 16.5. The minimum absolute atomic E-state index is 0.0594. The Balaban J connectivity index is 1.96. The van der Waals surface area contributed by atoms with E-state index in [1.54, 1.807) is 0 Å². The zero-order valence-electron chi connectivity index (χ0n) is 12.0. The number of aryl methyl sites for hydroxylation is 1. The van der Waals surface area contributed by atoms with Gasteiger partial charge in [-0.15, -0.1) is 0 Å². The van der Waals surface area contributed by atoms with Gasteiger partial charge in [0.2, 0.25) is 0 Å². The molecule has 2 atom stereocenters. The molecule has 0 aliphatic carbocycles. The summed E-state index contributed by atoms with van der Waals surface area (Å²) in [5.41, 5.74) is 3.88. The number of fused-ring (bicyclic) bond motifs is 1. The van der Waals surface area contributed by atoms with Crippen LogP contribution < -0.4 is 5.32 Å². The first kappa shape index (κ1) is 13.3. The lowest BCUT2D eigenvalue weighted by Crippen LogP contribution is -2.31. The zero-order valence-corrected chi connectivity index (χ0v) is 12.0. The van der Waals surface area contributed by atoms with Crippen molar-refractivity contribution in [3.05, 3.63) is 53.3 Å². The topological polar surface area (TPSA) is 39.1 Å². The van der Waals surface area contributed by atoms with Crippen molar-refractivity contribution < 1.29 is 4.74 Å². The molecule has 0 saturated heterocycles. The number of likely N-dealkylation sites (N-methyl/N-ethyl adjacent to an activating group) is 1. The molecule has 20 heavy (non-hydrogen) atoms. The first-order valence-corrected chi connectivity index (χ1v) is 7.21. The van der Waals surface area contributed by atoms with Gasteiger partial charge in [0.1, 0.15) is 6.10 Å². The summed E-state index contributed by atoms with van der Waals surface area (Å²) in [6.45, 7) is 3.81. The fourth-order valence-corrected chi connectivity index (χ4v) is 2.92. The maximum atomic E-state index is 6.08. The second-order valence-corrected chi connectivity index (χ2v) is 5.22. The van der Waals surface area contributed by atoms with Crippen LogP contribution in [0, 0.1) is 0 Å². The molecule has 4 heteroatoms. The summed E-state index contributed by atoms with van der Waals surface area (Å²) in [5.74, 6) is 0. The maximum absolute atomic E-state index is 6.08. The maximum Gasteiger partial charge on any atom is 0.102 e. The molecule has 1 aromatic heterocycles. The molecule has 0 radical (unpaired) electrons. The molecule has 106 valence electrons. The normalized spacial score (nSPS) is 19.6. The third-order valence-corrected chi connectivity index (χ3v) is 3.84. The minimum Gasteiger partial charge on any atom is -0.371 e. The smallest absolute Gasteiger partial charge is 0.102 e. The summed E-state index contributed by atoms with van der Waals surface area (Å²) < 4.78 is 7.92. The van der Waals surface area contributed by atoms with Crippen molar-refractivity contribution in [1.29, 1.82) is 0 Å². The Bertz CT molecular complexity index is 579. The summed E-state index contributed by atoms with van der Waals surface area (Å²) in [6.07, 6.45) is 5.05. The Morgan fingerprint density at radius 3 is 3.05 bits per heavy atom. The molecule has 2 unspecified atom stereocenters. The minimum atomic E-state index is 0.0594. The Morgan fingerprint density at radius 2 is 2.30 bits per heavy atom. The highest BCUT2D eigenvalue weighted by Crippen LogP contribution is 2.36. The molecular formula is C16H21N3O. The molecule has 1 aliphatic heterocycles. The number of benzene rings is 1. The molecule has 1 aliphatic rings. The SMILES string of the molecule is CCNC(c1cnn(C)c1)C1OCCc2ccccc21. The van der Waals surface area contributed by atoms with E-state index in [1.165, 1.54) is 16.7 Å². The van der Waals surface area contributed by atoms with Crippen molar-refractivity contribution in [2.24, 2.45) is 7.05 Å². The van der Waals surface area contributed by atoms with Gasteiger partial charge in [0, 0.05) is 18.8 Å². The molecule has 0 fully saturated rings. The third-order valence-electron chi connectivity index (χ3n) is 3.84. The number of hydrogen-bond acceptors (Lipinski definition) is 3. The van der Waals surface area contributed by atoms with E-state index < -0.39 is 0 Å². The molecular weight excluding hydrogens is 250 g/mol. The predicted molar refractivity (Wildman–Crippen MR) is 78.5 cm³/mol. The van der Waals surface area contributed by atoms with Crippen LogP contribution in [0.4, 0.5) is 0 Å². The summed E-state index contributed by atoms with van der Waals surface area (Å²) in [4.78, 5) is 0. The monoisotopic (exact) mass is 271 g/mol. The van der Waals surface area contributed by atoms with E-state index in [4.69, 9.17) is 4.74 Å². The summed E-state index contributed by atoms with van der Waals surface area (Å²) in [5, 5.41) is 7.84. The van der Waals surface area contributed by atoms with Crippen LogP contribution in [-0.4, -0.2) is 22.9 Å². The predicted octanol–water partition coefficient (Wildman–Crippen LogP) is 2.38. The molecule has 2 heterocycles. The Kier molecular flexibility index (Phi) is 3.85. The molecule has 0 bridgehead atoms. The first-order chi connectivity index (χ1) is 9.79. The van der Waals surface area contributed by atoms with Gasteiger partial charge in [-0.3, -0.25) is 4.68 Å². The molecule has 4 nitrogen and oxygen atoms in total. The fraction of sp³-hybridized carbons (Fsp3) is 0.438. The summed E-state index contributed by atoms with van der Waals surface area (Å²) >= 11 is 0. The van der Waals surface area contributed by atoms with E-state index in [9.17, 15) is 0 Å². The second-order valence-electron chi connectivity index (χ2n) is 5.22. The van der Waals surface area contributed by atoms with Crippen LogP contribution in [0.2, 0.25) is 0 Å². The van der Waals surface area contributed by atoms with Crippen molar-refractivity contribution in [2.75, 3.05) is 13.2 Å². The average molecular weight is 271 g/mol. The lowest BCUT2D eigenvalue weighted by atomic mass is 9.91. The van der Waals surface area contributed by atoms with E-state index >= 15 is 0 Å². The van der Waals surface area contributed by atoms with Crippen molar-refractivity contribution in [3.63, 3.8) is 0 Å². The van der Waals surface area contributed by atoms with Gasteiger partial charge in [0.05, 0.1) is 18.8 Å². The summed E-state index contributed by atoms with van der Waals surface area (Å²) in [7, 11) is 1.95. The van der Waals surface area contributed by atoms with Gasteiger partial charge in [-0.1, -0.05) is 31.2 Å². The van der Waals surface area contributed by atoms with E-state index in [0.717, 1.165) is 19.6 Å². The molecule has 0 saturated carbocycles. The zero-order chi connectivity index (χ0) is 13.9. The molecule has 2 aromatic rings. The average Bonchev–Trinajstić information content (AvgIpc) is 2.91. The fourth-order valence-electron chi connectivity index (χ4n) is 2.92. The van der Waals surface area contributed by atoms with Gasteiger partial charge in [0.15, 0.2) is 0 Å². The Labute approximate surface area is 119 Å². The molecule has 0 spiro atoms. The van der Waals surface area contributed by atoms with E-state index in [0.29, 0.717) is 0 Å². The number of nitrogens with zero attached hydrogens (tertiary/aromatic N) is 2. The first-order valence-electron chi connectivity index (χ1n) is 7.21. The highest BCUT2D eigenvalue weighted by Gasteiger charge is 2.30. The van der Waals surface area contributed by atoms with Crippen LogP contribution >= 0.6 is 0 Å². The largest absolute Gasteiger partial charge is 0.371 e. The second kappa shape index (κ2) is 5.77. The number of aromatic nitrogens is 2. The number of ether oxygens (including phenoxy) is 1. The van der Waals surface area contributed by atoms with Crippen molar-refractivity contribution in [2.45, 2.75) is 25.5 Å². The lowest BCUT2D eigenvalue weighted by Gasteiger charge is -2.32. The summed E-state index contributed by atoms with van der Waals surface area (Å²) in [6, 6.07) is 8.73. The number of nitrogens with one attached hydrogen (secondary N) is 1. The highest BCUT2D eigenvalue weighted by molar-refractivity contribution is 5.33. The Hall–Kier alpha value is -1.65. The standard InChI is InChI=1S/C16H21N3O/c1-3-17-15(13-10-18-19(2)11-13)16-14-7-5-4-6-12(14)8-9-20-16/h4-7,10-11,15-17H,3,8-9H2,1-2H3. The Morgan fingerprint density at radius 1 is 1.45 bits per heavy atom. The molecule has 0 amide bonds. The van der Waals surface area contributed by atoms with Crippen molar-refractivity contribution in [1.82, 2.24) is 15.1 Å². The van der Waals surface area contributed by atoms with Crippen LogP contribution in [0.15, 0.2) is 36.7 Å². The van der Waals surface area contributed by atoms with Gasteiger partial charge in [-0.05, 0) is 24.1 Å². The van der Waals surface area contributed by atoms with Crippen LogP contribution in [0.5, 0.6) is 0 Å². The quantitative estimate of drug-likeness (QED) is 0.928. The van der Waals surface area contributed by atoms with Gasteiger partial charge >= 0.3 is 0 Å². The third kappa shape index (κ3) is 2.49. The van der Waals surface area contributed by atoms with Crippen LogP contribution in [-0.2, 0) is 18.2 Å². The van der Waals surface area contributed by atoms with Crippen molar-refractivity contribution in [3.8, 4) is 0 Å². The lowest BCUT2D eigenvalue weighted by molar-refractivity contribution is 0.0151. The molecule has 3 rings (SSSR count).